The molecule has 0 N–H and O–H groups in total. The molecule has 1 heteroatoms. The molecule has 30 valence electrons. The molecular formula is C4H11B. The average molecular weight is 69.9 g/mol. The second-order valence-corrected chi connectivity index (χ2v) is 1.24. The first-order valence-corrected chi connectivity index (χ1v) is 1.49. The average Bonchev–Trinajstić information content (AvgIpc) is 0.811. The number of hydrogen-bond donors (Lipinski definition) is 0. The van der Waals surface area contributed by atoms with E-state index in [0.29, 0.717) is 5.82 Å². The molecule has 0 bridgehead atoms. The van der Waals surface area contributed by atoms with Gasteiger partial charge in [-0.3, -0.25) is 0 Å². The highest BCUT2D eigenvalue weighted by molar-refractivity contribution is 6.10. The van der Waals surface area contributed by atoms with Crippen molar-refractivity contribution in [3.05, 3.63) is 0 Å². The Kier molecular flexibility index (Phi) is 7.24. The van der Waals surface area contributed by atoms with Crippen LogP contribution in [-0.2, 0) is 0 Å². The van der Waals surface area contributed by atoms with Crippen LogP contribution in [0.4, 0.5) is 0 Å². The molecular weight excluding hydrogens is 58.9 g/mol. The second kappa shape index (κ2) is 4.06. The van der Waals surface area contributed by atoms with Crippen LogP contribution in [0.2, 0.25) is 5.82 Å². The van der Waals surface area contributed by atoms with Gasteiger partial charge in [-0.1, -0.05) is 27.1 Å². The minimum Gasteiger partial charge on any atom is -0.0829 e. The van der Waals surface area contributed by atoms with Crippen molar-refractivity contribution in [3.63, 3.8) is 0 Å². The number of hydrogen-bond acceptors (Lipinski definition) is 0. The third-order valence-corrected chi connectivity index (χ3v) is 0. The maximum Gasteiger partial charge on any atom is 0.0692 e. The van der Waals surface area contributed by atoms with Gasteiger partial charge in [-0.25, -0.2) is 0 Å². The molecule has 0 aromatic rings. The third kappa shape index (κ3) is 4110. The fourth-order valence-electron chi connectivity index (χ4n) is 0. The number of rotatable bonds is 0. The molecule has 0 rings (SSSR count). The van der Waals surface area contributed by atoms with Gasteiger partial charge in [0, 0.05) is 0 Å². The zero-order valence-electron chi connectivity index (χ0n) is 3.15. The topological polar surface area (TPSA) is 0 Å². The highest BCUT2D eigenvalue weighted by Crippen LogP contribution is 1.84. The first-order chi connectivity index (χ1) is 1.73. The summed E-state index contributed by atoms with van der Waals surface area (Å²) in [6, 6.07) is 0. The Labute approximate surface area is 36.0 Å². The lowest BCUT2D eigenvalue weighted by molar-refractivity contribution is 1.08. The van der Waals surface area contributed by atoms with Crippen LogP contribution < -0.4 is 0 Å². The molecule has 0 aromatic heterocycles. The molecule has 0 saturated heterocycles. The van der Waals surface area contributed by atoms with Gasteiger partial charge in [0.1, 0.15) is 0 Å². The van der Waals surface area contributed by atoms with Gasteiger partial charge in [-0.05, 0) is 0 Å². The van der Waals surface area contributed by atoms with Crippen molar-refractivity contribution in [2.45, 2.75) is 27.1 Å². The van der Waals surface area contributed by atoms with Gasteiger partial charge in [-0.2, -0.15) is 0 Å². The molecule has 0 amide bonds. The van der Waals surface area contributed by atoms with E-state index in [4.69, 9.17) is 7.85 Å². The monoisotopic (exact) mass is 70.1 g/mol. The van der Waals surface area contributed by atoms with Crippen LogP contribution in [0.25, 0.3) is 0 Å². The predicted molar refractivity (Wildman–Crippen MR) is 27.6 cm³/mol. The lowest BCUT2D eigenvalue weighted by Gasteiger charge is -1.79. The van der Waals surface area contributed by atoms with Gasteiger partial charge in [0.2, 0.25) is 0 Å². The molecule has 0 fully saturated rings. The quantitative estimate of drug-likeness (QED) is 0.380. The lowest BCUT2D eigenvalue weighted by atomic mass is 9.93. The van der Waals surface area contributed by atoms with Crippen LogP contribution in [0.15, 0.2) is 0 Å². The van der Waals surface area contributed by atoms with Crippen LogP contribution in [0, 0.1) is 0 Å². The van der Waals surface area contributed by atoms with Crippen LogP contribution in [-0.4, -0.2) is 7.85 Å². The minimum atomic E-state index is 0. The Morgan fingerprint density at radius 3 is 1.40 bits per heavy atom. The Balaban J connectivity index is 0. The van der Waals surface area contributed by atoms with Crippen molar-refractivity contribution in [2.24, 2.45) is 0 Å². The van der Waals surface area contributed by atoms with Gasteiger partial charge in [0.05, 0.1) is 7.85 Å². The molecule has 0 aromatic carbocycles. The maximum atomic E-state index is 5.11. The zero-order chi connectivity index (χ0) is 3.58. The van der Waals surface area contributed by atoms with Crippen molar-refractivity contribution in [1.82, 2.24) is 0 Å². The van der Waals surface area contributed by atoms with E-state index in [9.17, 15) is 0 Å². The van der Waals surface area contributed by atoms with Crippen molar-refractivity contribution < 1.29 is 0 Å². The summed E-state index contributed by atoms with van der Waals surface area (Å²) in [6.07, 6.45) is 0. The standard InChI is InChI=1S/C3H7B.CH4/c1-3(2)4;/h3H,1-2H3;1H4. The van der Waals surface area contributed by atoms with Gasteiger partial charge in [0.15, 0.2) is 0 Å². The summed E-state index contributed by atoms with van der Waals surface area (Å²) in [5, 5.41) is 0. The highest BCUT2D eigenvalue weighted by atomic mass is 13.6. The molecule has 0 spiro atoms. The van der Waals surface area contributed by atoms with E-state index in [1.165, 1.54) is 0 Å². The molecule has 0 atom stereocenters. The van der Waals surface area contributed by atoms with Gasteiger partial charge < -0.3 is 0 Å². The molecule has 5 heavy (non-hydrogen) atoms. The second-order valence-electron chi connectivity index (χ2n) is 1.24. The summed E-state index contributed by atoms with van der Waals surface area (Å²) in [6.45, 7) is 3.89. The molecule has 0 aliphatic carbocycles. The predicted octanol–water partition coefficient (Wildman–Crippen LogP) is 1.62. The Hall–Kier alpha value is 0.0649. The molecule has 0 saturated carbocycles. The van der Waals surface area contributed by atoms with E-state index >= 15 is 0 Å². The van der Waals surface area contributed by atoms with E-state index in [1.807, 2.05) is 13.8 Å². The van der Waals surface area contributed by atoms with Crippen LogP contribution in [0.5, 0.6) is 0 Å². The largest absolute Gasteiger partial charge is 0.0829 e. The SMILES string of the molecule is C.[B]C(C)C. The van der Waals surface area contributed by atoms with Gasteiger partial charge in [-0.15, -0.1) is 0 Å². The molecule has 0 unspecified atom stereocenters. The van der Waals surface area contributed by atoms with Crippen molar-refractivity contribution in [1.29, 1.82) is 0 Å². The maximum absolute atomic E-state index is 5.11. The Morgan fingerprint density at radius 1 is 1.40 bits per heavy atom. The van der Waals surface area contributed by atoms with E-state index in [-0.39, 0.29) is 7.43 Å². The van der Waals surface area contributed by atoms with E-state index in [0.717, 1.165) is 0 Å². The van der Waals surface area contributed by atoms with Crippen molar-refractivity contribution in [2.75, 3.05) is 0 Å². The third-order valence-electron chi connectivity index (χ3n) is 0. The summed E-state index contributed by atoms with van der Waals surface area (Å²) >= 11 is 0. The molecule has 2 radical (unpaired) electrons. The van der Waals surface area contributed by atoms with Crippen LogP contribution >= 0.6 is 0 Å². The van der Waals surface area contributed by atoms with Crippen molar-refractivity contribution in [3.8, 4) is 0 Å². The smallest absolute Gasteiger partial charge is 0.0692 e. The van der Waals surface area contributed by atoms with E-state index in [2.05, 4.69) is 0 Å². The first-order valence-electron chi connectivity index (χ1n) is 1.49. The van der Waals surface area contributed by atoms with Crippen LogP contribution in [0.3, 0.4) is 0 Å². The first kappa shape index (κ1) is 8.91. The zero-order valence-corrected chi connectivity index (χ0v) is 3.15. The highest BCUT2D eigenvalue weighted by Gasteiger charge is 1.68. The van der Waals surface area contributed by atoms with Crippen LogP contribution in [0.1, 0.15) is 21.3 Å². The summed E-state index contributed by atoms with van der Waals surface area (Å²) in [4.78, 5) is 0. The van der Waals surface area contributed by atoms with E-state index in [1.54, 1.807) is 0 Å². The minimum absolute atomic E-state index is 0. The molecule has 0 aliphatic rings. The molecule has 0 heterocycles. The summed E-state index contributed by atoms with van der Waals surface area (Å²) in [7, 11) is 5.11. The molecule has 0 nitrogen and oxygen atoms in total. The molecule has 0 aliphatic heterocycles. The fraction of sp³-hybridized carbons (Fsp3) is 1.00. The normalized spacial score (nSPS) is 7.00. The van der Waals surface area contributed by atoms with Gasteiger partial charge >= 0.3 is 0 Å². The van der Waals surface area contributed by atoms with Gasteiger partial charge in [0.25, 0.3) is 0 Å². The summed E-state index contributed by atoms with van der Waals surface area (Å²) < 4.78 is 0. The summed E-state index contributed by atoms with van der Waals surface area (Å²) in [5.41, 5.74) is 0. The Bertz CT molecular complexity index is 8.36. The summed E-state index contributed by atoms with van der Waals surface area (Å²) in [5.74, 6) is 0.333. The van der Waals surface area contributed by atoms with Crippen molar-refractivity contribution >= 4 is 7.85 Å². The van der Waals surface area contributed by atoms with E-state index < -0.39 is 0 Å². The fourth-order valence-corrected chi connectivity index (χ4v) is 0. The lowest BCUT2D eigenvalue weighted by Crippen LogP contribution is -1.67. The Morgan fingerprint density at radius 2 is 1.40 bits per heavy atom.